The molecule has 2 heteroatoms. The number of rotatable bonds is 2. The Bertz CT molecular complexity index is 164. The van der Waals surface area contributed by atoms with E-state index in [1.54, 1.807) is 12.6 Å². The van der Waals surface area contributed by atoms with E-state index in [0.717, 1.165) is 11.8 Å². The average molecular weight is 152 g/mol. The van der Waals surface area contributed by atoms with Gasteiger partial charge in [0.25, 0.3) is 0 Å². The lowest BCUT2D eigenvalue weighted by Crippen LogP contribution is -2.36. The maximum atomic E-state index is 4.36. The second-order valence-corrected chi connectivity index (χ2v) is 3.35. The summed E-state index contributed by atoms with van der Waals surface area (Å²) < 4.78 is 0. The summed E-state index contributed by atoms with van der Waals surface area (Å²) in [5, 5.41) is 0. The molecule has 0 aromatic heterocycles. The fraction of sp³-hybridized carbons (Fsp3) is 0.778. The Morgan fingerprint density at radius 1 is 1.27 bits per heavy atom. The highest BCUT2D eigenvalue weighted by atomic mass is 14.9. The first-order valence-electron chi connectivity index (χ1n) is 4.25. The molecule has 1 rings (SSSR count). The Labute approximate surface area is 68.4 Å². The van der Waals surface area contributed by atoms with Gasteiger partial charge in [0.2, 0.25) is 0 Å². The first-order valence-corrected chi connectivity index (χ1v) is 4.25. The first kappa shape index (κ1) is 8.44. The molecule has 2 nitrogen and oxygen atoms in total. The molecule has 0 spiro atoms. The Hall–Kier alpha value is -0.660. The fourth-order valence-corrected chi connectivity index (χ4v) is 1.71. The topological polar surface area (TPSA) is 24.7 Å². The van der Waals surface area contributed by atoms with Gasteiger partial charge in [-0.1, -0.05) is 13.8 Å². The second kappa shape index (κ2) is 3.65. The minimum absolute atomic E-state index is 0.527. The number of aliphatic imine (C=N–C) groups is 2. The third-order valence-corrected chi connectivity index (χ3v) is 2.36. The van der Waals surface area contributed by atoms with E-state index in [0.29, 0.717) is 6.04 Å². The van der Waals surface area contributed by atoms with Gasteiger partial charge in [0.15, 0.2) is 0 Å². The standard InChI is InChI=1S/C9H16N2/c1-4-10-6-11-9-7(2)5-8(9)3/h4,6-9H,5H2,1-3H3/b10-4-,11-6-. The van der Waals surface area contributed by atoms with Crippen LogP contribution in [0.25, 0.3) is 0 Å². The third kappa shape index (κ3) is 1.88. The van der Waals surface area contributed by atoms with Crippen molar-refractivity contribution in [3.05, 3.63) is 0 Å². The maximum Gasteiger partial charge on any atom is 0.109 e. The molecule has 0 heterocycles. The van der Waals surface area contributed by atoms with Crippen LogP contribution in [0.2, 0.25) is 0 Å². The first-order chi connectivity index (χ1) is 5.25. The molecule has 0 aromatic rings. The van der Waals surface area contributed by atoms with Gasteiger partial charge in [0, 0.05) is 6.21 Å². The van der Waals surface area contributed by atoms with Crippen molar-refractivity contribution in [3.8, 4) is 0 Å². The van der Waals surface area contributed by atoms with Crippen LogP contribution in [0.4, 0.5) is 0 Å². The predicted octanol–water partition coefficient (Wildman–Crippen LogP) is 2.15. The van der Waals surface area contributed by atoms with Crippen molar-refractivity contribution in [3.63, 3.8) is 0 Å². The Morgan fingerprint density at radius 2 is 1.91 bits per heavy atom. The zero-order valence-corrected chi connectivity index (χ0v) is 7.49. The second-order valence-electron chi connectivity index (χ2n) is 3.35. The highest BCUT2D eigenvalue weighted by Gasteiger charge is 2.33. The van der Waals surface area contributed by atoms with Gasteiger partial charge in [-0.15, -0.1) is 0 Å². The Morgan fingerprint density at radius 3 is 2.36 bits per heavy atom. The fourth-order valence-electron chi connectivity index (χ4n) is 1.71. The minimum atomic E-state index is 0.527. The third-order valence-electron chi connectivity index (χ3n) is 2.36. The largest absolute Gasteiger partial charge is 0.270 e. The summed E-state index contributed by atoms with van der Waals surface area (Å²) in [6.45, 7) is 6.40. The van der Waals surface area contributed by atoms with E-state index in [-0.39, 0.29) is 0 Å². The lowest BCUT2D eigenvalue weighted by molar-refractivity contribution is 0.182. The average Bonchev–Trinajstić information content (AvgIpc) is 1.98. The van der Waals surface area contributed by atoms with Crippen molar-refractivity contribution in [1.29, 1.82) is 0 Å². The summed E-state index contributed by atoms with van der Waals surface area (Å²) in [5.74, 6) is 1.52. The maximum absolute atomic E-state index is 4.36. The van der Waals surface area contributed by atoms with E-state index in [9.17, 15) is 0 Å². The van der Waals surface area contributed by atoms with Gasteiger partial charge in [0.1, 0.15) is 6.34 Å². The van der Waals surface area contributed by atoms with Crippen LogP contribution in [-0.2, 0) is 0 Å². The molecule has 2 atom stereocenters. The van der Waals surface area contributed by atoms with Crippen molar-refractivity contribution >= 4 is 12.6 Å². The molecule has 0 bridgehead atoms. The van der Waals surface area contributed by atoms with Crippen molar-refractivity contribution in [2.45, 2.75) is 33.2 Å². The van der Waals surface area contributed by atoms with E-state index < -0.39 is 0 Å². The number of nitrogens with zero attached hydrogens (tertiary/aromatic N) is 2. The van der Waals surface area contributed by atoms with E-state index in [4.69, 9.17) is 0 Å². The van der Waals surface area contributed by atoms with E-state index in [1.807, 2.05) is 6.92 Å². The molecule has 1 aliphatic carbocycles. The molecule has 1 aliphatic rings. The lowest BCUT2D eigenvalue weighted by atomic mass is 9.72. The molecule has 0 aromatic carbocycles. The molecule has 0 amide bonds. The van der Waals surface area contributed by atoms with Crippen LogP contribution in [0.1, 0.15) is 27.2 Å². The molecule has 11 heavy (non-hydrogen) atoms. The summed E-state index contributed by atoms with van der Waals surface area (Å²) in [7, 11) is 0. The Kier molecular flexibility index (Phi) is 2.80. The van der Waals surface area contributed by atoms with Gasteiger partial charge in [-0.2, -0.15) is 0 Å². The SMILES string of the molecule is C/C=N\C=N/C1C(C)CC1C. The van der Waals surface area contributed by atoms with Crippen LogP contribution in [0.3, 0.4) is 0 Å². The van der Waals surface area contributed by atoms with Gasteiger partial charge in [-0.05, 0) is 25.2 Å². The minimum Gasteiger partial charge on any atom is -0.270 e. The van der Waals surface area contributed by atoms with Crippen LogP contribution in [0.15, 0.2) is 9.98 Å². The van der Waals surface area contributed by atoms with Crippen molar-refractivity contribution in [2.75, 3.05) is 0 Å². The molecular weight excluding hydrogens is 136 g/mol. The monoisotopic (exact) mass is 152 g/mol. The van der Waals surface area contributed by atoms with Crippen LogP contribution in [0, 0.1) is 11.8 Å². The zero-order valence-electron chi connectivity index (χ0n) is 7.49. The van der Waals surface area contributed by atoms with Crippen molar-refractivity contribution < 1.29 is 0 Å². The van der Waals surface area contributed by atoms with Gasteiger partial charge >= 0.3 is 0 Å². The molecule has 0 radical (unpaired) electrons. The molecule has 0 saturated heterocycles. The molecule has 1 fully saturated rings. The number of hydrogen-bond donors (Lipinski definition) is 0. The predicted molar refractivity (Wildman–Crippen MR) is 49.4 cm³/mol. The van der Waals surface area contributed by atoms with Crippen LogP contribution >= 0.6 is 0 Å². The van der Waals surface area contributed by atoms with Gasteiger partial charge < -0.3 is 0 Å². The summed E-state index contributed by atoms with van der Waals surface area (Å²) >= 11 is 0. The molecule has 0 N–H and O–H groups in total. The lowest BCUT2D eigenvalue weighted by Gasteiger charge is -2.37. The Balaban J connectivity index is 2.36. The van der Waals surface area contributed by atoms with Gasteiger partial charge in [-0.3, -0.25) is 4.99 Å². The molecule has 2 unspecified atom stereocenters. The summed E-state index contributed by atoms with van der Waals surface area (Å²) in [6.07, 6.45) is 4.76. The summed E-state index contributed by atoms with van der Waals surface area (Å²) in [4.78, 5) is 8.30. The van der Waals surface area contributed by atoms with E-state index >= 15 is 0 Å². The quantitative estimate of drug-likeness (QED) is 0.428. The van der Waals surface area contributed by atoms with Crippen LogP contribution in [0.5, 0.6) is 0 Å². The molecule has 62 valence electrons. The molecular formula is C9H16N2. The van der Waals surface area contributed by atoms with Gasteiger partial charge in [-0.25, -0.2) is 4.99 Å². The summed E-state index contributed by atoms with van der Waals surface area (Å²) in [6, 6.07) is 0.527. The molecule has 1 saturated carbocycles. The highest BCUT2D eigenvalue weighted by Crippen LogP contribution is 2.35. The summed E-state index contributed by atoms with van der Waals surface area (Å²) in [5.41, 5.74) is 0. The highest BCUT2D eigenvalue weighted by molar-refractivity contribution is 5.70. The van der Waals surface area contributed by atoms with Crippen molar-refractivity contribution in [1.82, 2.24) is 0 Å². The molecule has 0 aliphatic heterocycles. The normalized spacial score (nSPS) is 38.3. The van der Waals surface area contributed by atoms with Crippen LogP contribution < -0.4 is 0 Å². The number of hydrogen-bond acceptors (Lipinski definition) is 1. The van der Waals surface area contributed by atoms with Crippen molar-refractivity contribution in [2.24, 2.45) is 21.8 Å². The zero-order chi connectivity index (χ0) is 8.27. The van der Waals surface area contributed by atoms with Crippen LogP contribution in [-0.4, -0.2) is 18.6 Å². The van der Waals surface area contributed by atoms with E-state index in [1.165, 1.54) is 6.42 Å². The van der Waals surface area contributed by atoms with Gasteiger partial charge in [0.05, 0.1) is 6.04 Å². The smallest absolute Gasteiger partial charge is 0.109 e. The van der Waals surface area contributed by atoms with E-state index in [2.05, 4.69) is 23.8 Å².